The number of nitrogens with zero attached hydrogens (tertiary/aromatic N) is 2. The van der Waals surface area contributed by atoms with E-state index < -0.39 is 0 Å². The fourth-order valence-electron chi connectivity index (χ4n) is 1.65. The van der Waals surface area contributed by atoms with Crippen LogP contribution in [0.4, 0.5) is 11.6 Å². The first-order valence-corrected chi connectivity index (χ1v) is 6.71. The van der Waals surface area contributed by atoms with Gasteiger partial charge in [-0.1, -0.05) is 6.92 Å². The van der Waals surface area contributed by atoms with E-state index in [9.17, 15) is 0 Å². The van der Waals surface area contributed by atoms with Crippen molar-refractivity contribution < 1.29 is 9.47 Å². The third-order valence-corrected chi connectivity index (χ3v) is 2.56. The molecule has 1 aromatic heterocycles. The molecule has 1 unspecified atom stereocenters. The monoisotopic (exact) mass is 268 g/mol. The molecule has 0 amide bonds. The van der Waals surface area contributed by atoms with E-state index in [0.717, 1.165) is 13.0 Å². The van der Waals surface area contributed by atoms with Crippen LogP contribution in [0.15, 0.2) is 6.33 Å². The van der Waals surface area contributed by atoms with Crippen LogP contribution >= 0.6 is 0 Å². The van der Waals surface area contributed by atoms with Crippen LogP contribution in [0.25, 0.3) is 0 Å². The van der Waals surface area contributed by atoms with Gasteiger partial charge in [-0.3, -0.25) is 0 Å². The normalized spacial score (nSPS) is 12.0. The number of nitrogens with one attached hydrogen (secondary N) is 2. The van der Waals surface area contributed by atoms with Crippen molar-refractivity contribution in [1.82, 2.24) is 9.97 Å². The summed E-state index contributed by atoms with van der Waals surface area (Å²) in [6.45, 7) is 8.32. The second kappa shape index (κ2) is 8.53. The first-order chi connectivity index (χ1) is 9.22. The SMILES string of the molecule is CCCNc1ncnc(NCC(C)OCC)c1OC. The van der Waals surface area contributed by atoms with E-state index in [1.807, 2.05) is 13.8 Å². The van der Waals surface area contributed by atoms with Crippen LogP contribution in [0, 0.1) is 0 Å². The molecule has 0 saturated heterocycles. The molecule has 6 nitrogen and oxygen atoms in total. The Morgan fingerprint density at radius 2 is 1.89 bits per heavy atom. The van der Waals surface area contributed by atoms with Crippen LogP contribution in [-0.4, -0.2) is 42.9 Å². The summed E-state index contributed by atoms with van der Waals surface area (Å²) in [5.41, 5.74) is 0. The minimum atomic E-state index is 0.122. The van der Waals surface area contributed by atoms with E-state index in [4.69, 9.17) is 9.47 Å². The molecule has 0 saturated carbocycles. The Balaban J connectivity index is 2.71. The van der Waals surface area contributed by atoms with Crippen LogP contribution in [0.5, 0.6) is 5.75 Å². The highest BCUT2D eigenvalue weighted by molar-refractivity contribution is 5.63. The van der Waals surface area contributed by atoms with Gasteiger partial charge in [0.2, 0.25) is 5.75 Å². The molecule has 2 N–H and O–H groups in total. The average molecular weight is 268 g/mol. The molecule has 0 aliphatic carbocycles. The molecule has 1 heterocycles. The number of ether oxygens (including phenoxy) is 2. The summed E-state index contributed by atoms with van der Waals surface area (Å²) in [5, 5.41) is 6.44. The standard InChI is InChI=1S/C13H24N4O2/c1-5-7-14-12-11(18-4)13(17-9-16-12)15-8-10(3)19-6-2/h9-10H,5-8H2,1-4H3,(H2,14,15,16,17). The van der Waals surface area contributed by atoms with Gasteiger partial charge in [0.15, 0.2) is 11.6 Å². The number of aromatic nitrogens is 2. The maximum Gasteiger partial charge on any atom is 0.204 e. The predicted molar refractivity (Wildman–Crippen MR) is 76.9 cm³/mol. The Bertz CT molecular complexity index is 374. The molecule has 0 radical (unpaired) electrons. The summed E-state index contributed by atoms with van der Waals surface area (Å²) in [6.07, 6.45) is 2.67. The zero-order chi connectivity index (χ0) is 14.1. The average Bonchev–Trinajstić information content (AvgIpc) is 2.43. The topological polar surface area (TPSA) is 68.3 Å². The Labute approximate surface area is 114 Å². The summed E-state index contributed by atoms with van der Waals surface area (Å²) < 4.78 is 10.8. The minimum Gasteiger partial charge on any atom is -0.490 e. The van der Waals surface area contributed by atoms with Crippen LogP contribution in [0.1, 0.15) is 27.2 Å². The fourth-order valence-corrected chi connectivity index (χ4v) is 1.65. The fraction of sp³-hybridized carbons (Fsp3) is 0.692. The quantitative estimate of drug-likeness (QED) is 0.715. The maximum atomic E-state index is 5.47. The van der Waals surface area contributed by atoms with Gasteiger partial charge < -0.3 is 20.1 Å². The lowest BCUT2D eigenvalue weighted by molar-refractivity contribution is 0.0854. The Morgan fingerprint density at radius 3 is 2.47 bits per heavy atom. The molecule has 19 heavy (non-hydrogen) atoms. The van der Waals surface area contributed by atoms with Crippen molar-refractivity contribution in [2.24, 2.45) is 0 Å². The lowest BCUT2D eigenvalue weighted by atomic mass is 10.3. The highest BCUT2D eigenvalue weighted by Gasteiger charge is 2.12. The molecule has 0 spiro atoms. The molecular formula is C13H24N4O2. The van der Waals surface area contributed by atoms with Crippen molar-refractivity contribution in [2.75, 3.05) is 37.4 Å². The zero-order valence-electron chi connectivity index (χ0n) is 12.2. The lowest BCUT2D eigenvalue weighted by Gasteiger charge is -2.16. The van der Waals surface area contributed by atoms with Crippen LogP contribution in [0.2, 0.25) is 0 Å². The van der Waals surface area contributed by atoms with Gasteiger partial charge in [-0.25, -0.2) is 9.97 Å². The van der Waals surface area contributed by atoms with E-state index in [0.29, 0.717) is 30.5 Å². The van der Waals surface area contributed by atoms with Crippen molar-refractivity contribution in [1.29, 1.82) is 0 Å². The molecule has 0 aliphatic heterocycles. The highest BCUT2D eigenvalue weighted by atomic mass is 16.5. The molecule has 0 fully saturated rings. The van der Waals surface area contributed by atoms with Gasteiger partial charge in [0, 0.05) is 19.7 Å². The van der Waals surface area contributed by atoms with Crippen molar-refractivity contribution in [2.45, 2.75) is 33.3 Å². The van der Waals surface area contributed by atoms with Crippen molar-refractivity contribution >= 4 is 11.6 Å². The molecule has 0 aliphatic rings. The second-order valence-corrected chi connectivity index (χ2v) is 4.18. The Morgan fingerprint density at radius 1 is 1.21 bits per heavy atom. The largest absolute Gasteiger partial charge is 0.490 e. The number of hydrogen-bond acceptors (Lipinski definition) is 6. The molecule has 108 valence electrons. The molecule has 0 bridgehead atoms. The van der Waals surface area contributed by atoms with Crippen molar-refractivity contribution in [3.8, 4) is 5.75 Å². The van der Waals surface area contributed by atoms with Gasteiger partial charge in [-0.05, 0) is 20.3 Å². The summed E-state index contributed by atoms with van der Waals surface area (Å²) in [7, 11) is 1.62. The van der Waals surface area contributed by atoms with Crippen LogP contribution in [-0.2, 0) is 4.74 Å². The molecule has 1 atom stereocenters. The van der Waals surface area contributed by atoms with Crippen molar-refractivity contribution in [3.63, 3.8) is 0 Å². The first-order valence-electron chi connectivity index (χ1n) is 6.71. The van der Waals surface area contributed by atoms with Gasteiger partial charge in [0.25, 0.3) is 0 Å². The van der Waals surface area contributed by atoms with E-state index in [1.165, 1.54) is 6.33 Å². The number of methoxy groups -OCH3 is 1. The third kappa shape index (κ3) is 4.90. The predicted octanol–water partition coefficient (Wildman–Crippen LogP) is 2.14. The van der Waals surface area contributed by atoms with Gasteiger partial charge in [0.05, 0.1) is 13.2 Å². The van der Waals surface area contributed by atoms with Gasteiger partial charge in [0.1, 0.15) is 6.33 Å². The highest BCUT2D eigenvalue weighted by Crippen LogP contribution is 2.28. The van der Waals surface area contributed by atoms with Gasteiger partial charge in [-0.2, -0.15) is 0 Å². The van der Waals surface area contributed by atoms with Crippen LogP contribution in [0.3, 0.4) is 0 Å². The molecular weight excluding hydrogens is 244 g/mol. The van der Waals surface area contributed by atoms with Crippen molar-refractivity contribution in [3.05, 3.63) is 6.33 Å². The molecule has 6 heteroatoms. The summed E-state index contributed by atoms with van der Waals surface area (Å²) in [5.74, 6) is 2.04. The second-order valence-electron chi connectivity index (χ2n) is 4.18. The maximum absolute atomic E-state index is 5.47. The smallest absolute Gasteiger partial charge is 0.204 e. The van der Waals surface area contributed by atoms with Gasteiger partial charge >= 0.3 is 0 Å². The number of hydrogen-bond donors (Lipinski definition) is 2. The molecule has 1 rings (SSSR count). The summed E-state index contributed by atoms with van der Waals surface area (Å²) >= 11 is 0. The third-order valence-electron chi connectivity index (χ3n) is 2.56. The summed E-state index contributed by atoms with van der Waals surface area (Å²) in [4.78, 5) is 8.40. The number of rotatable bonds is 9. The van der Waals surface area contributed by atoms with Crippen LogP contribution < -0.4 is 15.4 Å². The Kier molecular flexibility index (Phi) is 6.95. The van der Waals surface area contributed by atoms with E-state index in [-0.39, 0.29) is 6.10 Å². The summed E-state index contributed by atoms with van der Waals surface area (Å²) in [6, 6.07) is 0. The lowest BCUT2D eigenvalue weighted by Crippen LogP contribution is -2.21. The van der Waals surface area contributed by atoms with E-state index >= 15 is 0 Å². The van der Waals surface area contributed by atoms with Gasteiger partial charge in [-0.15, -0.1) is 0 Å². The van der Waals surface area contributed by atoms with E-state index in [2.05, 4.69) is 27.5 Å². The first kappa shape index (κ1) is 15.5. The molecule has 1 aromatic rings. The van der Waals surface area contributed by atoms with E-state index in [1.54, 1.807) is 7.11 Å². The zero-order valence-corrected chi connectivity index (χ0v) is 12.2. The minimum absolute atomic E-state index is 0.122. The molecule has 0 aromatic carbocycles. The number of anilines is 2. The Hall–Kier alpha value is -1.56.